The van der Waals surface area contributed by atoms with Gasteiger partial charge in [-0.15, -0.1) is 0 Å². The molecular weight excluding hydrogens is 347 g/mol. The standard InChI is InChI=1S/C19H21N2O2.Co/c1-2-7-17(21-13-16-9-4-6-11-19(16)23)14-20-12-15-8-3-5-10-18(15)22;/h3-6,8-13,17,22-23H,1-2,7,14H2;/q-1;. The van der Waals surface area contributed by atoms with Crippen LogP contribution in [0.15, 0.2) is 58.5 Å². The first-order valence-electron chi connectivity index (χ1n) is 7.59. The van der Waals surface area contributed by atoms with Crippen molar-refractivity contribution < 1.29 is 27.0 Å². The van der Waals surface area contributed by atoms with Crippen LogP contribution in [0.5, 0.6) is 11.5 Å². The topological polar surface area (TPSA) is 65.2 Å². The van der Waals surface area contributed by atoms with Crippen LogP contribution >= 0.6 is 0 Å². The van der Waals surface area contributed by atoms with Gasteiger partial charge in [0.15, 0.2) is 0 Å². The summed E-state index contributed by atoms with van der Waals surface area (Å²) < 4.78 is 0. The largest absolute Gasteiger partial charge is 0.507 e. The van der Waals surface area contributed by atoms with E-state index in [1.54, 1.807) is 42.8 Å². The van der Waals surface area contributed by atoms with E-state index in [9.17, 15) is 10.2 Å². The summed E-state index contributed by atoms with van der Waals surface area (Å²) in [6.07, 6.45) is 4.89. The summed E-state index contributed by atoms with van der Waals surface area (Å²) in [6.45, 7) is 4.37. The van der Waals surface area contributed by atoms with E-state index in [1.807, 2.05) is 18.2 Å². The van der Waals surface area contributed by atoms with Crippen molar-refractivity contribution in [1.82, 2.24) is 0 Å². The number of nitrogens with zero attached hydrogens (tertiary/aromatic N) is 2. The van der Waals surface area contributed by atoms with Crippen LogP contribution < -0.4 is 0 Å². The molecule has 24 heavy (non-hydrogen) atoms. The van der Waals surface area contributed by atoms with E-state index in [0.717, 1.165) is 12.8 Å². The molecule has 0 saturated carbocycles. The van der Waals surface area contributed by atoms with Crippen LogP contribution in [-0.4, -0.2) is 35.2 Å². The Balaban J connectivity index is 0.00000288. The summed E-state index contributed by atoms with van der Waals surface area (Å²) in [7, 11) is 0. The molecule has 0 saturated heterocycles. The molecule has 0 aliphatic carbocycles. The van der Waals surface area contributed by atoms with Crippen molar-refractivity contribution in [3.05, 3.63) is 66.6 Å². The van der Waals surface area contributed by atoms with Gasteiger partial charge in [-0.1, -0.05) is 30.7 Å². The SMILES string of the molecule is [CH2-]CCC(CN=Cc1ccccc1O)N=Cc1ccccc1O.[Co]. The average Bonchev–Trinajstić information content (AvgIpc) is 2.55. The molecule has 0 spiro atoms. The third-order valence-electron chi connectivity index (χ3n) is 3.38. The van der Waals surface area contributed by atoms with Gasteiger partial charge in [-0.2, -0.15) is 6.42 Å². The van der Waals surface area contributed by atoms with Crippen molar-refractivity contribution in [3.63, 3.8) is 0 Å². The number of hydrogen-bond acceptors (Lipinski definition) is 4. The van der Waals surface area contributed by atoms with Gasteiger partial charge in [0.05, 0.1) is 12.6 Å². The van der Waals surface area contributed by atoms with E-state index in [2.05, 4.69) is 16.9 Å². The van der Waals surface area contributed by atoms with Gasteiger partial charge < -0.3 is 17.1 Å². The molecule has 1 radical (unpaired) electrons. The van der Waals surface area contributed by atoms with Crippen LogP contribution in [-0.2, 0) is 16.8 Å². The zero-order chi connectivity index (χ0) is 16.5. The van der Waals surface area contributed by atoms with Gasteiger partial charge in [0.25, 0.3) is 0 Å². The minimum atomic E-state index is -0.00536. The second-order valence-electron chi connectivity index (χ2n) is 5.19. The zero-order valence-electron chi connectivity index (χ0n) is 13.3. The molecule has 0 aliphatic heterocycles. The average molecular weight is 368 g/mol. The second-order valence-corrected chi connectivity index (χ2v) is 5.19. The van der Waals surface area contributed by atoms with Crippen molar-refractivity contribution in [1.29, 1.82) is 0 Å². The smallest absolute Gasteiger partial charge is 0.124 e. The maximum Gasteiger partial charge on any atom is 0.124 e. The number of phenols is 2. The van der Waals surface area contributed by atoms with E-state index >= 15 is 0 Å². The Morgan fingerprint density at radius 2 is 1.46 bits per heavy atom. The van der Waals surface area contributed by atoms with E-state index in [1.165, 1.54) is 0 Å². The third kappa shape index (κ3) is 6.18. The normalized spacial score (nSPS) is 12.4. The molecule has 2 rings (SSSR count). The number of aliphatic imine (C=N–C) groups is 2. The van der Waals surface area contributed by atoms with Gasteiger partial charge in [0, 0.05) is 40.3 Å². The molecule has 2 aromatic carbocycles. The van der Waals surface area contributed by atoms with E-state index in [0.29, 0.717) is 17.7 Å². The van der Waals surface area contributed by atoms with Gasteiger partial charge in [0.1, 0.15) is 11.5 Å². The molecule has 0 aliphatic rings. The second kappa shape index (κ2) is 10.6. The summed E-state index contributed by atoms with van der Waals surface area (Å²) in [5.41, 5.74) is 1.37. The molecular formula is C19H21CoN2O2-. The van der Waals surface area contributed by atoms with Gasteiger partial charge in [-0.05, 0) is 24.3 Å². The molecule has 129 valence electrons. The molecule has 0 aromatic heterocycles. The van der Waals surface area contributed by atoms with Crippen LogP contribution in [0.1, 0.15) is 24.0 Å². The summed E-state index contributed by atoms with van der Waals surface area (Å²) in [5.74, 6) is 0.421. The first-order valence-corrected chi connectivity index (χ1v) is 7.59. The first kappa shape index (κ1) is 19.9. The van der Waals surface area contributed by atoms with Gasteiger partial charge in [-0.25, -0.2) is 0 Å². The van der Waals surface area contributed by atoms with Gasteiger partial charge >= 0.3 is 0 Å². The predicted molar refractivity (Wildman–Crippen MR) is 94.6 cm³/mol. The molecule has 0 fully saturated rings. The maximum absolute atomic E-state index is 9.75. The molecule has 2 N–H and O–H groups in total. The van der Waals surface area contributed by atoms with E-state index < -0.39 is 0 Å². The van der Waals surface area contributed by atoms with Crippen LogP contribution in [0, 0.1) is 6.92 Å². The minimum absolute atomic E-state index is 0. The Labute approximate surface area is 153 Å². The van der Waals surface area contributed by atoms with Crippen molar-refractivity contribution in [2.45, 2.75) is 18.9 Å². The molecule has 0 heterocycles. The van der Waals surface area contributed by atoms with Crippen molar-refractivity contribution in [2.24, 2.45) is 9.98 Å². The van der Waals surface area contributed by atoms with E-state index in [4.69, 9.17) is 0 Å². The molecule has 0 bridgehead atoms. The van der Waals surface area contributed by atoms with Gasteiger partial charge in [0.2, 0.25) is 0 Å². The Kier molecular flexibility index (Phi) is 8.82. The van der Waals surface area contributed by atoms with Crippen molar-refractivity contribution in [3.8, 4) is 11.5 Å². The maximum atomic E-state index is 9.75. The quantitative estimate of drug-likeness (QED) is 0.579. The summed E-state index contributed by atoms with van der Waals surface area (Å²) >= 11 is 0. The van der Waals surface area contributed by atoms with Crippen molar-refractivity contribution in [2.75, 3.05) is 6.54 Å². The van der Waals surface area contributed by atoms with Gasteiger partial charge in [-0.3, -0.25) is 9.98 Å². The first-order chi connectivity index (χ1) is 11.2. The predicted octanol–water partition coefficient (Wildman–Crippen LogP) is 3.62. The molecule has 4 nitrogen and oxygen atoms in total. The molecule has 2 aromatic rings. The van der Waals surface area contributed by atoms with Crippen LogP contribution in [0.25, 0.3) is 0 Å². The number of benzene rings is 2. The number of aromatic hydroxyl groups is 2. The third-order valence-corrected chi connectivity index (χ3v) is 3.38. The summed E-state index contributed by atoms with van der Waals surface area (Å²) in [4.78, 5) is 8.86. The fourth-order valence-electron chi connectivity index (χ4n) is 2.10. The number of phenolic OH excluding ortho intramolecular Hbond substituents is 2. The fraction of sp³-hybridized carbons (Fsp3) is 0.211. The minimum Gasteiger partial charge on any atom is -0.507 e. The monoisotopic (exact) mass is 368 g/mol. The van der Waals surface area contributed by atoms with E-state index in [-0.39, 0.29) is 34.3 Å². The number of para-hydroxylation sites is 2. The number of hydrogen-bond donors (Lipinski definition) is 2. The molecule has 0 amide bonds. The van der Waals surface area contributed by atoms with Crippen LogP contribution in [0.2, 0.25) is 0 Å². The Morgan fingerprint density at radius 3 is 2.00 bits per heavy atom. The number of rotatable bonds is 7. The van der Waals surface area contributed by atoms with Crippen LogP contribution in [0.3, 0.4) is 0 Å². The van der Waals surface area contributed by atoms with Crippen molar-refractivity contribution >= 4 is 12.4 Å². The molecule has 1 unspecified atom stereocenters. The Bertz CT molecular complexity index is 687. The molecule has 5 heteroatoms. The fourth-order valence-corrected chi connectivity index (χ4v) is 2.10. The zero-order valence-corrected chi connectivity index (χ0v) is 14.3. The summed E-state index contributed by atoms with van der Waals surface area (Å²) in [6, 6.07) is 14.1. The molecule has 1 atom stereocenters. The Hall–Kier alpha value is -2.11. The summed E-state index contributed by atoms with van der Waals surface area (Å²) in [5, 5.41) is 19.5. The van der Waals surface area contributed by atoms with Crippen LogP contribution in [0.4, 0.5) is 0 Å². The Morgan fingerprint density at radius 1 is 0.917 bits per heavy atom.